The maximum Gasteiger partial charge on any atom is 0.425 e. The van der Waals surface area contributed by atoms with Crippen LogP contribution in [0.3, 0.4) is 0 Å². The molecule has 0 aliphatic heterocycles. The van der Waals surface area contributed by atoms with Gasteiger partial charge in [0, 0.05) is 49.7 Å². The highest BCUT2D eigenvalue weighted by Gasteiger charge is 2.27. The molecule has 0 bridgehead atoms. The van der Waals surface area contributed by atoms with E-state index in [2.05, 4.69) is 34.0 Å². The maximum absolute atomic E-state index is 13.9. The average Bonchev–Trinajstić information content (AvgIpc) is 3.07. The van der Waals surface area contributed by atoms with Crippen molar-refractivity contribution in [3.63, 3.8) is 0 Å². The molecule has 0 radical (unpaired) electrons. The molecule has 46 heavy (non-hydrogen) atoms. The van der Waals surface area contributed by atoms with E-state index in [1.54, 1.807) is 66.7 Å². The zero-order valence-electron chi connectivity index (χ0n) is 27.5. The van der Waals surface area contributed by atoms with Gasteiger partial charge < -0.3 is 29.3 Å². The van der Waals surface area contributed by atoms with Gasteiger partial charge in [-0.2, -0.15) is 4.98 Å². The van der Waals surface area contributed by atoms with Gasteiger partial charge in [-0.15, -0.1) is 0 Å². The molecule has 0 aliphatic carbocycles. The second-order valence-electron chi connectivity index (χ2n) is 10.7. The molecule has 0 spiro atoms. The number of rotatable bonds is 13. The summed E-state index contributed by atoms with van der Waals surface area (Å²) in [6, 6.07) is 19.5. The molecule has 0 saturated carbocycles. The number of carbonyl (C=O) groups is 2. The molecule has 242 valence electrons. The van der Waals surface area contributed by atoms with Gasteiger partial charge in [0.15, 0.2) is 0 Å². The van der Waals surface area contributed by atoms with Crippen molar-refractivity contribution < 1.29 is 23.8 Å². The van der Waals surface area contributed by atoms with Crippen molar-refractivity contribution in [1.29, 1.82) is 0 Å². The number of benzene rings is 3. The molecule has 0 saturated heterocycles. The van der Waals surface area contributed by atoms with Crippen LogP contribution in [0.1, 0.15) is 35.3 Å². The van der Waals surface area contributed by atoms with E-state index >= 15 is 0 Å². The molecule has 0 fully saturated rings. The largest absolute Gasteiger partial charge is 0.497 e. The molecule has 4 aromatic rings. The van der Waals surface area contributed by atoms with E-state index in [0.717, 1.165) is 30.8 Å². The third kappa shape index (κ3) is 8.10. The van der Waals surface area contributed by atoms with E-state index in [1.165, 1.54) is 12.0 Å². The minimum absolute atomic E-state index is 0.0524. The number of likely N-dealkylation sites (N-methyl/N-ethyl adjacent to an activating group) is 2. The normalized spacial score (nSPS) is 10.8. The zero-order valence-corrected chi connectivity index (χ0v) is 27.5. The summed E-state index contributed by atoms with van der Waals surface area (Å²) in [6.45, 7) is 11.3. The van der Waals surface area contributed by atoms with Gasteiger partial charge >= 0.3 is 6.09 Å². The number of hydrogen-bond donors (Lipinski definition) is 1. The Hall–Kier alpha value is -5.16. The quantitative estimate of drug-likeness (QED) is 0.175. The van der Waals surface area contributed by atoms with Crippen LogP contribution in [-0.2, 0) is 0 Å². The van der Waals surface area contributed by atoms with E-state index in [0.29, 0.717) is 40.7 Å². The van der Waals surface area contributed by atoms with Crippen molar-refractivity contribution in [2.75, 3.05) is 57.7 Å². The Morgan fingerprint density at radius 2 is 1.57 bits per heavy atom. The zero-order chi connectivity index (χ0) is 33.2. The van der Waals surface area contributed by atoms with Crippen LogP contribution < -0.4 is 24.4 Å². The smallest absolute Gasteiger partial charge is 0.425 e. The van der Waals surface area contributed by atoms with Crippen LogP contribution in [0.15, 0.2) is 72.9 Å². The summed E-state index contributed by atoms with van der Waals surface area (Å²) in [7, 11) is 4.88. The summed E-state index contributed by atoms with van der Waals surface area (Å²) in [5, 5.41) is 3.17. The predicted octanol–water partition coefficient (Wildman–Crippen LogP) is 6.61. The molecule has 4 rings (SSSR count). The van der Waals surface area contributed by atoms with E-state index in [4.69, 9.17) is 14.2 Å². The summed E-state index contributed by atoms with van der Waals surface area (Å²) in [6.07, 6.45) is 0.862. The lowest BCUT2D eigenvalue weighted by molar-refractivity contribution is 0.0779. The fourth-order valence-corrected chi connectivity index (χ4v) is 4.89. The van der Waals surface area contributed by atoms with Crippen molar-refractivity contribution >= 4 is 35.1 Å². The number of aryl methyl sites for hydroxylation is 2. The third-order valence-corrected chi connectivity index (χ3v) is 7.66. The number of amides is 2. The number of carbonyl (C=O) groups excluding carboxylic acids is 2. The van der Waals surface area contributed by atoms with Crippen molar-refractivity contribution in [3.05, 3.63) is 89.6 Å². The first-order chi connectivity index (χ1) is 22.2. The van der Waals surface area contributed by atoms with Gasteiger partial charge in [-0.1, -0.05) is 32.0 Å². The van der Waals surface area contributed by atoms with Crippen molar-refractivity contribution in [2.24, 2.45) is 0 Å². The Morgan fingerprint density at radius 3 is 2.20 bits per heavy atom. The molecular formula is C35H42N6O5. The topological polar surface area (TPSA) is 109 Å². The lowest BCUT2D eigenvalue weighted by atomic mass is 10.1. The number of nitrogens with zero attached hydrogens (tertiary/aromatic N) is 5. The van der Waals surface area contributed by atoms with E-state index < -0.39 is 6.09 Å². The van der Waals surface area contributed by atoms with Crippen LogP contribution in [0.4, 0.5) is 27.9 Å². The molecular weight excluding hydrogens is 584 g/mol. The van der Waals surface area contributed by atoms with Crippen LogP contribution >= 0.6 is 0 Å². The molecule has 11 nitrogen and oxygen atoms in total. The molecule has 1 aromatic heterocycles. The number of anilines is 4. The molecule has 1 N–H and O–H groups in total. The van der Waals surface area contributed by atoms with Crippen molar-refractivity contribution in [2.45, 2.75) is 27.7 Å². The minimum atomic E-state index is -0.682. The number of hydrogen-bond acceptors (Lipinski definition) is 9. The molecule has 3 aromatic carbocycles. The van der Waals surface area contributed by atoms with Gasteiger partial charge in [0.2, 0.25) is 5.95 Å². The molecule has 0 aliphatic rings. The van der Waals surface area contributed by atoms with Crippen LogP contribution in [-0.4, -0.2) is 79.2 Å². The monoisotopic (exact) mass is 626 g/mol. The number of aromatic nitrogens is 2. The van der Waals surface area contributed by atoms with Gasteiger partial charge in [-0.05, 0) is 74.5 Å². The third-order valence-electron chi connectivity index (χ3n) is 7.66. The molecule has 11 heteroatoms. The number of ether oxygens (including phenoxy) is 3. The van der Waals surface area contributed by atoms with Gasteiger partial charge in [-0.25, -0.2) is 14.7 Å². The minimum Gasteiger partial charge on any atom is -0.497 e. The first-order valence-electron chi connectivity index (χ1n) is 15.2. The van der Waals surface area contributed by atoms with Crippen molar-refractivity contribution in [1.82, 2.24) is 19.8 Å². The van der Waals surface area contributed by atoms with Crippen molar-refractivity contribution in [3.8, 4) is 17.2 Å². The predicted molar refractivity (Wildman–Crippen MR) is 180 cm³/mol. The molecule has 2 amide bonds. The highest BCUT2D eigenvalue weighted by molar-refractivity contribution is 5.98. The van der Waals surface area contributed by atoms with Gasteiger partial charge in [0.25, 0.3) is 5.91 Å². The standard InChI is InChI=1S/C35H42N6O5/c1-8-40(9-2)22-21-39(5)33(42)26-13-15-27(16-14-26)37-34-36-20-19-31(38-34)41(29-18-17-28(44-6)23-30(29)45-7)35(43)46-32-24(3)11-10-12-25(32)4/h10-20,23H,8-9,21-22H2,1-7H3,(H,36,37,38). The first-order valence-corrected chi connectivity index (χ1v) is 15.2. The summed E-state index contributed by atoms with van der Waals surface area (Å²) in [4.78, 5) is 41.2. The summed E-state index contributed by atoms with van der Waals surface area (Å²) in [5.74, 6) is 1.84. The fourth-order valence-electron chi connectivity index (χ4n) is 4.89. The molecule has 1 heterocycles. The van der Waals surface area contributed by atoms with Gasteiger partial charge in [0.1, 0.15) is 23.1 Å². The van der Waals surface area contributed by atoms with Gasteiger partial charge in [0.05, 0.1) is 19.9 Å². The molecule has 0 atom stereocenters. The number of nitrogens with one attached hydrogen (secondary N) is 1. The highest BCUT2D eigenvalue weighted by Crippen LogP contribution is 2.37. The van der Waals surface area contributed by atoms with E-state index in [-0.39, 0.29) is 17.7 Å². The van der Waals surface area contributed by atoms with Crippen LogP contribution in [0.5, 0.6) is 17.2 Å². The fraction of sp³-hybridized carbons (Fsp3) is 0.314. The maximum atomic E-state index is 13.9. The van der Waals surface area contributed by atoms with Crippen LogP contribution in [0.25, 0.3) is 0 Å². The summed E-state index contributed by atoms with van der Waals surface area (Å²) >= 11 is 0. The number of para-hydroxylation sites is 1. The summed E-state index contributed by atoms with van der Waals surface area (Å²) < 4.78 is 16.9. The SMILES string of the molecule is CCN(CC)CCN(C)C(=O)c1ccc(Nc2nccc(N(C(=O)Oc3c(C)cccc3C)c3ccc(OC)cc3OC)n2)cc1. The number of methoxy groups -OCH3 is 2. The second-order valence-corrected chi connectivity index (χ2v) is 10.7. The average molecular weight is 627 g/mol. The lowest BCUT2D eigenvalue weighted by Crippen LogP contribution is -2.36. The molecule has 0 unspecified atom stereocenters. The van der Waals surface area contributed by atoms with Crippen LogP contribution in [0.2, 0.25) is 0 Å². The van der Waals surface area contributed by atoms with Crippen LogP contribution in [0, 0.1) is 13.8 Å². The first kappa shape index (κ1) is 33.7. The second kappa shape index (κ2) is 15.7. The Labute approximate surface area is 270 Å². The Morgan fingerprint density at radius 1 is 0.870 bits per heavy atom. The summed E-state index contributed by atoms with van der Waals surface area (Å²) in [5.41, 5.74) is 3.28. The Balaban J connectivity index is 1.60. The van der Waals surface area contributed by atoms with E-state index in [9.17, 15) is 9.59 Å². The van der Waals surface area contributed by atoms with E-state index in [1.807, 2.05) is 39.1 Å². The Bertz CT molecular complexity index is 1620. The van der Waals surface area contributed by atoms with Gasteiger partial charge in [-0.3, -0.25) is 4.79 Å². The highest BCUT2D eigenvalue weighted by atomic mass is 16.6. The Kier molecular flexibility index (Phi) is 11.5. The lowest BCUT2D eigenvalue weighted by Gasteiger charge is -2.24.